The van der Waals surface area contributed by atoms with E-state index in [-0.39, 0.29) is 44.9 Å². The highest BCUT2D eigenvalue weighted by molar-refractivity contribution is 5.99. The van der Waals surface area contributed by atoms with Crippen LogP contribution in [0.25, 0.3) is 33.4 Å². The second-order valence-electron chi connectivity index (χ2n) is 8.03. The van der Waals surface area contributed by atoms with Crippen molar-refractivity contribution < 1.29 is 18.7 Å². The molecule has 0 aliphatic carbocycles. The second-order valence-corrected chi connectivity index (χ2v) is 8.03. The molecule has 7 heteroatoms. The number of nitrogens with zero attached hydrogens (tertiary/aromatic N) is 2. The number of benzene rings is 3. The number of phenolic OH excluding ortho intramolecular Hbond substituents is 1. The summed E-state index contributed by atoms with van der Waals surface area (Å²) in [5, 5.41) is 20.9. The zero-order chi connectivity index (χ0) is 25.2. The standard InChI is InChI=1S/C29H20N2O5/c1-17-13-23(33)26-24(35-17)14-22(32)21(28(26)34-2)16-31-29-20(15-30)25(18-9-5-3-6-10-18)27(36-29)19-11-7-4-8-12-19/h3-14,16,32H,1-2H3/b31-16+. The van der Waals surface area contributed by atoms with E-state index in [1.54, 1.807) is 6.92 Å². The van der Waals surface area contributed by atoms with E-state index in [0.29, 0.717) is 17.1 Å². The maximum Gasteiger partial charge on any atom is 0.238 e. The monoisotopic (exact) mass is 476 g/mol. The molecule has 0 atom stereocenters. The van der Waals surface area contributed by atoms with E-state index in [1.807, 2.05) is 60.7 Å². The lowest BCUT2D eigenvalue weighted by Crippen LogP contribution is -2.05. The molecule has 2 heterocycles. The van der Waals surface area contributed by atoms with Gasteiger partial charge >= 0.3 is 0 Å². The molecule has 0 saturated heterocycles. The fraction of sp³-hybridized carbons (Fsp3) is 0.0690. The zero-order valence-electron chi connectivity index (χ0n) is 19.5. The van der Waals surface area contributed by atoms with Crippen LogP contribution in [-0.4, -0.2) is 18.4 Å². The minimum Gasteiger partial charge on any atom is -0.507 e. The van der Waals surface area contributed by atoms with Crippen LogP contribution in [-0.2, 0) is 0 Å². The Morgan fingerprint density at radius 1 is 1.00 bits per heavy atom. The Labute approximate surface area is 206 Å². The first kappa shape index (κ1) is 22.7. The van der Waals surface area contributed by atoms with E-state index in [4.69, 9.17) is 13.6 Å². The molecule has 5 rings (SSSR count). The molecule has 3 aromatic carbocycles. The Kier molecular flexibility index (Phi) is 5.85. The van der Waals surface area contributed by atoms with Crippen LogP contribution in [0.15, 0.2) is 91.4 Å². The van der Waals surface area contributed by atoms with Crippen molar-refractivity contribution in [3.05, 3.63) is 99.9 Å². The third-order valence-electron chi connectivity index (χ3n) is 5.73. The van der Waals surface area contributed by atoms with E-state index >= 15 is 0 Å². The third-order valence-corrected chi connectivity index (χ3v) is 5.73. The molecule has 0 amide bonds. The van der Waals surface area contributed by atoms with Gasteiger partial charge in [-0.2, -0.15) is 5.26 Å². The molecule has 0 saturated carbocycles. The van der Waals surface area contributed by atoms with Crippen molar-refractivity contribution in [2.75, 3.05) is 7.11 Å². The summed E-state index contributed by atoms with van der Waals surface area (Å²) in [6, 6.07) is 23.8. The molecule has 176 valence electrons. The number of phenols is 1. The topological polar surface area (TPSA) is 109 Å². The molecule has 0 radical (unpaired) electrons. The molecule has 5 aromatic rings. The minimum absolute atomic E-state index is 0.0627. The lowest BCUT2D eigenvalue weighted by molar-refractivity contribution is 0.410. The molecule has 0 aliphatic heterocycles. The van der Waals surface area contributed by atoms with E-state index < -0.39 is 0 Å². The number of ether oxygens (including phenoxy) is 1. The number of furan rings is 1. The lowest BCUT2D eigenvalue weighted by Gasteiger charge is -2.10. The Hall–Kier alpha value is -5.09. The number of methoxy groups -OCH3 is 1. The Morgan fingerprint density at radius 3 is 2.31 bits per heavy atom. The van der Waals surface area contributed by atoms with E-state index in [0.717, 1.165) is 11.1 Å². The molecule has 0 aliphatic rings. The van der Waals surface area contributed by atoms with Crippen LogP contribution in [0.3, 0.4) is 0 Å². The van der Waals surface area contributed by atoms with Gasteiger partial charge in [-0.1, -0.05) is 60.7 Å². The molecule has 2 aromatic heterocycles. The predicted molar refractivity (Wildman–Crippen MR) is 137 cm³/mol. The number of aliphatic imine (C=N–C) groups is 1. The number of fused-ring (bicyclic) bond motifs is 1. The van der Waals surface area contributed by atoms with E-state index in [2.05, 4.69) is 11.1 Å². The number of aryl methyl sites for hydroxylation is 1. The molecule has 7 nitrogen and oxygen atoms in total. The minimum atomic E-state index is -0.311. The molecule has 0 spiro atoms. The highest BCUT2D eigenvalue weighted by Crippen LogP contribution is 2.43. The first-order chi connectivity index (χ1) is 17.5. The van der Waals surface area contributed by atoms with Gasteiger partial charge in [0.25, 0.3) is 0 Å². The smallest absolute Gasteiger partial charge is 0.238 e. The quantitative estimate of drug-likeness (QED) is 0.295. The normalized spacial score (nSPS) is 11.1. The van der Waals surface area contributed by atoms with Crippen LogP contribution in [0.1, 0.15) is 16.9 Å². The van der Waals surface area contributed by atoms with Crippen LogP contribution in [0.5, 0.6) is 11.5 Å². The second kappa shape index (κ2) is 9.28. The van der Waals surface area contributed by atoms with Gasteiger partial charge in [0.15, 0.2) is 5.43 Å². The van der Waals surface area contributed by atoms with Gasteiger partial charge in [0.2, 0.25) is 5.88 Å². The van der Waals surface area contributed by atoms with Crippen molar-refractivity contribution in [3.63, 3.8) is 0 Å². The highest BCUT2D eigenvalue weighted by Gasteiger charge is 2.23. The number of hydrogen-bond acceptors (Lipinski definition) is 7. The van der Waals surface area contributed by atoms with Crippen molar-refractivity contribution in [2.45, 2.75) is 6.92 Å². The molecule has 0 bridgehead atoms. The number of nitriles is 1. The summed E-state index contributed by atoms with van der Waals surface area (Å²) in [5.74, 6) is 0.878. The Morgan fingerprint density at radius 2 is 1.67 bits per heavy atom. The van der Waals surface area contributed by atoms with Gasteiger partial charge in [-0.05, 0) is 12.5 Å². The van der Waals surface area contributed by atoms with E-state index in [1.165, 1.54) is 25.5 Å². The van der Waals surface area contributed by atoms with Crippen LogP contribution in [0.2, 0.25) is 0 Å². The summed E-state index contributed by atoms with van der Waals surface area (Å²) < 4.78 is 17.2. The Bertz CT molecular complexity index is 1710. The van der Waals surface area contributed by atoms with Gasteiger partial charge in [-0.15, -0.1) is 0 Å². The highest BCUT2D eigenvalue weighted by atomic mass is 16.5. The summed E-state index contributed by atoms with van der Waals surface area (Å²) in [6.45, 7) is 1.65. The molecule has 0 unspecified atom stereocenters. The summed E-state index contributed by atoms with van der Waals surface area (Å²) in [5.41, 5.74) is 2.48. The molecule has 1 N–H and O–H groups in total. The summed E-state index contributed by atoms with van der Waals surface area (Å²) in [4.78, 5) is 17.1. The number of rotatable bonds is 5. The fourth-order valence-electron chi connectivity index (χ4n) is 4.16. The summed E-state index contributed by atoms with van der Waals surface area (Å²) >= 11 is 0. The van der Waals surface area contributed by atoms with Crippen LogP contribution in [0, 0.1) is 18.3 Å². The van der Waals surface area contributed by atoms with Gasteiger partial charge in [-0.3, -0.25) is 4.79 Å². The van der Waals surface area contributed by atoms with Crippen molar-refractivity contribution in [1.82, 2.24) is 0 Å². The van der Waals surface area contributed by atoms with Gasteiger partial charge in [0, 0.05) is 29.5 Å². The summed E-state index contributed by atoms with van der Waals surface area (Å²) in [6.07, 6.45) is 1.32. The Balaban J connectivity index is 1.72. The van der Waals surface area contributed by atoms with Gasteiger partial charge in [0.1, 0.15) is 45.6 Å². The van der Waals surface area contributed by atoms with E-state index in [9.17, 15) is 15.2 Å². The lowest BCUT2D eigenvalue weighted by atomic mass is 9.98. The SMILES string of the molecule is COc1c(/C=N/c2oc(-c3ccccc3)c(-c3ccccc3)c2C#N)c(O)cc2oc(C)cc(=O)c12. The maximum atomic E-state index is 12.7. The van der Waals surface area contributed by atoms with Gasteiger partial charge in [0.05, 0.1) is 12.7 Å². The number of aromatic hydroxyl groups is 1. The maximum absolute atomic E-state index is 12.7. The average molecular weight is 476 g/mol. The molecule has 36 heavy (non-hydrogen) atoms. The average Bonchev–Trinajstić information content (AvgIpc) is 3.26. The molecule has 0 fully saturated rings. The van der Waals surface area contributed by atoms with Crippen molar-refractivity contribution >= 4 is 23.1 Å². The summed E-state index contributed by atoms with van der Waals surface area (Å²) in [7, 11) is 1.39. The van der Waals surface area contributed by atoms with Gasteiger partial charge in [-0.25, -0.2) is 4.99 Å². The fourth-order valence-corrected chi connectivity index (χ4v) is 4.16. The first-order valence-corrected chi connectivity index (χ1v) is 11.1. The largest absolute Gasteiger partial charge is 0.507 e. The van der Waals surface area contributed by atoms with Crippen molar-refractivity contribution in [3.8, 4) is 40.0 Å². The van der Waals surface area contributed by atoms with Crippen molar-refractivity contribution in [2.24, 2.45) is 4.99 Å². The zero-order valence-corrected chi connectivity index (χ0v) is 19.5. The van der Waals surface area contributed by atoms with Crippen molar-refractivity contribution in [1.29, 1.82) is 5.26 Å². The predicted octanol–water partition coefficient (Wildman–Crippen LogP) is 6.36. The van der Waals surface area contributed by atoms with Gasteiger partial charge < -0.3 is 18.7 Å². The van der Waals surface area contributed by atoms with Crippen LogP contribution < -0.4 is 10.2 Å². The first-order valence-electron chi connectivity index (χ1n) is 11.1. The van der Waals surface area contributed by atoms with Crippen LogP contribution >= 0.6 is 0 Å². The van der Waals surface area contributed by atoms with Crippen LogP contribution in [0.4, 0.5) is 5.88 Å². The molecular formula is C29H20N2O5. The third kappa shape index (κ3) is 3.91. The molecular weight excluding hydrogens is 456 g/mol. The number of hydrogen-bond donors (Lipinski definition) is 1.